The van der Waals surface area contributed by atoms with Crippen molar-refractivity contribution >= 4 is 11.7 Å². The molecule has 88 valence electrons. The number of amides is 1. The standard InChI is InChI=1S/C11H17N3O2/c1-3-16-7-6-14(2)11(15)9-4-5-10(12)13-8-9/h4-5,8H,3,6-7H2,1-2H3,(H2,12,13). The first-order valence-corrected chi connectivity index (χ1v) is 5.20. The molecule has 0 unspecified atom stereocenters. The number of ether oxygens (including phenoxy) is 1. The molecule has 1 aromatic heterocycles. The van der Waals surface area contributed by atoms with Crippen LogP contribution in [0.4, 0.5) is 5.82 Å². The Morgan fingerprint density at radius 3 is 2.88 bits per heavy atom. The number of anilines is 1. The van der Waals surface area contributed by atoms with E-state index >= 15 is 0 Å². The van der Waals surface area contributed by atoms with E-state index < -0.39 is 0 Å². The molecule has 0 saturated carbocycles. The number of nitrogens with two attached hydrogens (primary N) is 1. The Morgan fingerprint density at radius 2 is 2.31 bits per heavy atom. The minimum Gasteiger partial charge on any atom is -0.384 e. The van der Waals surface area contributed by atoms with Crippen LogP contribution < -0.4 is 5.73 Å². The quantitative estimate of drug-likeness (QED) is 0.749. The van der Waals surface area contributed by atoms with Crippen LogP contribution in [0.15, 0.2) is 18.3 Å². The lowest BCUT2D eigenvalue weighted by Crippen LogP contribution is -2.30. The van der Waals surface area contributed by atoms with Gasteiger partial charge in [-0.05, 0) is 19.1 Å². The van der Waals surface area contributed by atoms with Gasteiger partial charge in [-0.2, -0.15) is 0 Å². The van der Waals surface area contributed by atoms with Gasteiger partial charge in [0.2, 0.25) is 0 Å². The minimum atomic E-state index is -0.0767. The van der Waals surface area contributed by atoms with E-state index in [1.165, 1.54) is 6.20 Å². The zero-order valence-electron chi connectivity index (χ0n) is 9.64. The molecule has 1 rings (SSSR count). The highest BCUT2D eigenvalue weighted by Gasteiger charge is 2.11. The first-order valence-electron chi connectivity index (χ1n) is 5.20. The normalized spacial score (nSPS) is 10.1. The average Bonchev–Trinajstić information content (AvgIpc) is 2.29. The summed E-state index contributed by atoms with van der Waals surface area (Å²) in [6.07, 6.45) is 1.48. The van der Waals surface area contributed by atoms with Gasteiger partial charge in [0.1, 0.15) is 5.82 Å². The lowest BCUT2D eigenvalue weighted by molar-refractivity contribution is 0.0709. The van der Waals surface area contributed by atoms with Crippen LogP contribution in [-0.2, 0) is 4.74 Å². The predicted octanol–water partition coefficient (Wildman–Crippen LogP) is 0.772. The van der Waals surface area contributed by atoms with Crippen LogP contribution in [0.3, 0.4) is 0 Å². The molecule has 0 atom stereocenters. The molecule has 0 aliphatic heterocycles. The van der Waals surface area contributed by atoms with E-state index in [9.17, 15) is 4.79 Å². The van der Waals surface area contributed by atoms with Gasteiger partial charge in [-0.25, -0.2) is 4.98 Å². The summed E-state index contributed by atoms with van der Waals surface area (Å²) >= 11 is 0. The van der Waals surface area contributed by atoms with Crippen LogP contribution in [0, 0.1) is 0 Å². The molecule has 5 nitrogen and oxygen atoms in total. The number of hydrogen-bond donors (Lipinski definition) is 1. The first-order chi connectivity index (χ1) is 7.65. The number of nitrogen functional groups attached to an aromatic ring is 1. The highest BCUT2D eigenvalue weighted by atomic mass is 16.5. The van der Waals surface area contributed by atoms with Crippen molar-refractivity contribution in [3.63, 3.8) is 0 Å². The Morgan fingerprint density at radius 1 is 1.56 bits per heavy atom. The zero-order chi connectivity index (χ0) is 12.0. The maximum Gasteiger partial charge on any atom is 0.255 e. The van der Waals surface area contributed by atoms with E-state index in [4.69, 9.17) is 10.5 Å². The van der Waals surface area contributed by atoms with Crippen LogP contribution in [0.2, 0.25) is 0 Å². The van der Waals surface area contributed by atoms with E-state index in [2.05, 4.69) is 4.98 Å². The van der Waals surface area contributed by atoms with Gasteiger partial charge in [0.05, 0.1) is 12.2 Å². The fourth-order valence-corrected chi connectivity index (χ4v) is 1.20. The minimum absolute atomic E-state index is 0.0767. The molecule has 5 heteroatoms. The lowest BCUT2D eigenvalue weighted by atomic mass is 10.2. The third-order valence-corrected chi connectivity index (χ3v) is 2.16. The molecule has 16 heavy (non-hydrogen) atoms. The summed E-state index contributed by atoms with van der Waals surface area (Å²) in [5.74, 6) is 0.334. The predicted molar refractivity (Wildman–Crippen MR) is 62.1 cm³/mol. The van der Waals surface area contributed by atoms with Gasteiger partial charge >= 0.3 is 0 Å². The molecule has 1 amide bonds. The maximum atomic E-state index is 11.8. The highest BCUT2D eigenvalue weighted by molar-refractivity contribution is 5.93. The van der Waals surface area contributed by atoms with Crippen LogP contribution >= 0.6 is 0 Å². The highest BCUT2D eigenvalue weighted by Crippen LogP contribution is 2.04. The molecule has 2 N–H and O–H groups in total. The maximum absolute atomic E-state index is 11.8. The number of hydrogen-bond acceptors (Lipinski definition) is 4. The summed E-state index contributed by atoms with van der Waals surface area (Å²) < 4.78 is 5.18. The van der Waals surface area contributed by atoms with E-state index in [1.807, 2.05) is 6.92 Å². The van der Waals surface area contributed by atoms with Crippen molar-refractivity contribution in [2.24, 2.45) is 0 Å². The van der Waals surface area contributed by atoms with Crippen molar-refractivity contribution in [1.29, 1.82) is 0 Å². The number of likely N-dealkylation sites (N-methyl/N-ethyl adjacent to an activating group) is 1. The van der Waals surface area contributed by atoms with Crippen LogP contribution in [-0.4, -0.2) is 42.6 Å². The van der Waals surface area contributed by atoms with Crippen molar-refractivity contribution in [1.82, 2.24) is 9.88 Å². The number of pyridine rings is 1. The summed E-state index contributed by atoms with van der Waals surface area (Å²) in [5, 5.41) is 0. The van der Waals surface area contributed by atoms with Gasteiger partial charge in [-0.15, -0.1) is 0 Å². The number of nitrogens with zero attached hydrogens (tertiary/aromatic N) is 2. The second-order valence-corrected chi connectivity index (χ2v) is 3.40. The van der Waals surface area contributed by atoms with Crippen molar-refractivity contribution in [3.8, 4) is 0 Å². The summed E-state index contributed by atoms with van der Waals surface area (Å²) in [4.78, 5) is 17.3. The van der Waals surface area contributed by atoms with Crippen molar-refractivity contribution < 1.29 is 9.53 Å². The van der Waals surface area contributed by atoms with Gasteiger partial charge in [0.15, 0.2) is 0 Å². The monoisotopic (exact) mass is 223 g/mol. The van der Waals surface area contributed by atoms with E-state index in [0.717, 1.165) is 0 Å². The SMILES string of the molecule is CCOCCN(C)C(=O)c1ccc(N)nc1. The Labute approximate surface area is 95.2 Å². The number of aromatic nitrogens is 1. The van der Waals surface area contributed by atoms with Gasteiger partial charge in [-0.3, -0.25) is 4.79 Å². The smallest absolute Gasteiger partial charge is 0.255 e. The summed E-state index contributed by atoms with van der Waals surface area (Å²) in [6.45, 7) is 3.69. The van der Waals surface area contributed by atoms with Crippen molar-refractivity contribution in [3.05, 3.63) is 23.9 Å². The molecule has 0 saturated heterocycles. The van der Waals surface area contributed by atoms with E-state index in [-0.39, 0.29) is 5.91 Å². The topological polar surface area (TPSA) is 68.5 Å². The molecule has 0 fully saturated rings. The molecular formula is C11H17N3O2. The van der Waals surface area contributed by atoms with Gasteiger partial charge in [-0.1, -0.05) is 0 Å². The Bertz CT molecular complexity index is 338. The molecule has 0 radical (unpaired) electrons. The second kappa shape index (κ2) is 6.07. The third-order valence-electron chi connectivity index (χ3n) is 2.16. The van der Waals surface area contributed by atoms with E-state index in [0.29, 0.717) is 31.1 Å². The van der Waals surface area contributed by atoms with E-state index in [1.54, 1.807) is 24.1 Å². The zero-order valence-corrected chi connectivity index (χ0v) is 9.64. The molecule has 1 heterocycles. The van der Waals surface area contributed by atoms with Gasteiger partial charge < -0.3 is 15.4 Å². The second-order valence-electron chi connectivity index (χ2n) is 3.40. The van der Waals surface area contributed by atoms with Gasteiger partial charge in [0, 0.05) is 26.4 Å². The first kappa shape index (κ1) is 12.4. The van der Waals surface area contributed by atoms with Gasteiger partial charge in [0.25, 0.3) is 5.91 Å². The van der Waals surface area contributed by atoms with Crippen LogP contribution in [0.25, 0.3) is 0 Å². The number of carbonyl (C=O) groups is 1. The number of carbonyl (C=O) groups excluding carboxylic acids is 1. The Hall–Kier alpha value is -1.62. The number of rotatable bonds is 5. The Balaban J connectivity index is 2.53. The molecule has 0 aliphatic carbocycles. The Kier molecular flexibility index (Phi) is 4.72. The fourth-order valence-electron chi connectivity index (χ4n) is 1.20. The molecule has 0 spiro atoms. The van der Waals surface area contributed by atoms with Crippen LogP contribution in [0.1, 0.15) is 17.3 Å². The lowest BCUT2D eigenvalue weighted by Gasteiger charge is -2.16. The molecule has 0 aromatic carbocycles. The van der Waals surface area contributed by atoms with Crippen LogP contribution in [0.5, 0.6) is 0 Å². The average molecular weight is 223 g/mol. The summed E-state index contributed by atoms with van der Waals surface area (Å²) in [7, 11) is 1.73. The largest absolute Gasteiger partial charge is 0.384 e. The summed E-state index contributed by atoms with van der Waals surface area (Å²) in [6, 6.07) is 3.28. The van der Waals surface area contributed by atoms with Crippen molar-refractivity contribution in [2.45, 2.75) is 6.92 Å². The molecular weight excluding hydrogens is 206 g/mol. The summed E-state index contributed by atoms with van der Waals surface area (Å²) in [5.41, 5.74) is 5.98. The molecule has 1 aromatic rings. The third kappa shape index (κ3) is 3.51. The molecule has 0 bridgehead atoms. The van der Waals surface area contributed by atoms with Crippen molar-refractivity contribution in [2.75, 3.05) is 32.5 Å². The molecule has 0 aliphatic rings. The fraction of sp³-hybridized carbons (Fsp3) is 0.455.